The Morgan fingerprint density at radius 1 is 1.37 bits per heavy atom. The number of hydrogen-bond donors (Lipinski definition) is 3. The summed E-state index contributed by atoms with van der Waals surface area (Å²) in [6, 6.07) is 6.39. The summed E-state index contributed by atoms with van der Waals surface area (Å²) < 4.78 is 1.01. The molecule has 8 heteroatoms. The van der Waals surface area contributed by atoms with Crippen molar-refractivity contribution in [2.45, 2.75) is 39.2 Å². The zero-order valence-electron chi connectivity index (χ0n) is 16.3. The van der Waals surface area contributed by atoms with Crippen LogP contribution in [0.3, 0.4) is 0 Å². The molecule has 0 aromatic heterocycles. The lowest BCUT2D eigenvalue weighted by Crippen LogP contribution is -2.45. The number of benzene rings is 1. The minimum atomic E-state index is -0.00803. The number of nitrogens with one attached hydrogen (secondary N) is 3. The Hall–Kier alpha value is -0.870. The van der Waals surface area contributed by atoms with Gasteiger partial charge in [0.05, 0.1) is 0 Å². The van der Waals surface area contributed by atoms with E-state index in [9.17, 15) is 4.79 Å². The first-order chi connectivity index (χ1) is 12.5. The van der Waals surface area contributed by atoms with Gasteiger partial charge < -0.3 is 16.0 Å². The highest BCUT2D eigenvalue weighted by molar-refractivity contribution is 14.0. The van der Waals surface area contributed by atoms with Gasteiger partial charge in [0.25, 0.3) is 0 Å². The second-order valence-corrected chi connectivity index (χ2v) is 7.48. The topological polar surface area (TPSA) is 68.8 Å². The monoisotopic (exact) mass is 551 g/mol. The Labute approximate surface area is 188 Å². The molecule has 1 aromatic rings. The number of amides is 1. The molecule has 2 rings (SSSR count). The van der Waals surface area contributed by atoms with Gasteiger partial charge in [-0.05, 0) is 56.6 Å². The van der Waals surface area contributed by atoms with Crippen molar-refractivity contribution in [3.05, 3.63) is 28.2 Å². The van der Waals surface area contributed by atoms with Crippen LogP contribution in [0.2, 0.25) is 0 Å². The third-order valence-electron chi connectivity index (χ3n) is 4.74. The van der Waals surface area contributed by atoms with Crippen LogP contribution in [0.4, 0.5) is 5.69 Å². The normalized spacial score (nSPS) is 17.3. The van der Waals surface area contributed by atoms with Gasteiger partial charge in [-0.1, -0.05) is 22.9 Å². The zero-order chi connectivity index (χ0) is 18.9. The van der Waals surface area contributed by atoms with Crippen molar-refractivity contribution in [2.24, 2.45) is 4.99 Å². The van der Waals surface area contributed by atoms with E-state index in [1.807, 2.05) is 25.1 Å². The van der Waals surface area contributed by atoms with Crippen molar-refractivity contribution >= 4 is 57.5 Å². The number of carbonyl (C=O) groups excluding carboxylic acids is 1. The number of hydrogen-bond acceptors (Lipinski definition) is 3. The van der Waals surface area contributed by atoms with Gasteiger partial charge in [0.15, 0.2) is 5.96 Å². The van der Waals surface area contributed by atoms with Crippen molar-refractivity contribution in [1.82, 2.24) is 15.5 Å². The highest BCUT2D eigenvalue weighted by Crippen LogP contribution is 2.20. The zero-order valence-corrected chi connectivity index (χ0v) is 20.3. The first kappa shape index (κ1) is 24.2. The van der Waals surface area contributed by atoms with Crippen LogP contribution >= 0.6 is 39.9 Å². The average Bonchev–Trinajstić information content (AvgIpc) is 3.08. The van der Waals surface area contributed by atoms with Crippen LogP contribution in [0.15, 0.2) is 27.7 Å². The fraction of sp³-hybridized carbons (Fsp3) is 0.579. The van der Waals surface area contributed by atoms with E-state index in [0.717, 1.165) is 34.8 Å². The number of likely N-dealkylation sites (tertiary alicyclic amines) is 1. The van der Waals surface area contributed by atoms with Crippen molar-refractivity contribution in [3.63, 3.8) is 0 Å². The molecular weight excluding hydrogens is 521 g/mol. The summed E-state index contributed by atoms with van der Waals surface area (Å²) >= 11 is 3.43. The highest BCUT2D eigenvalue weighted by Gasteiger charge is 2.22. The quantitative estimate of drug-likeness (QED) is 0.276. The van der Waals surface area contributed by atoms with Crippen LogP contribution in [-0.2, 0) is 4.79 Å². The molecule has 0 saturated carbocycles. The molecule has 0 aliphatic carbocycles. The van der Waals surface area contributed by atoms with Gasteiger partial charge in [0.1, 0.15) is 0 Å². The lowest BCUT2D eigenvalue weighted by atomic mass is 10.2. The SMILES string of the molecule is CCN1CCCC1CNC(=NC)NCCC(=O)Nc1ccc(Br)cc1C.I. The molecule has 27 heavy (non-hydrogen) atoms. The molecule has 152 valence electrons. The van der Waals surface area contributed by atoms with Crippen LogP contribution in [0, 0.1) is 6.92 Å². The van der Waals surface area contributed by atoms with Crippen LogP contribution in [-0.4, -0.2) is 56.0 Å². The fourth-order valence-electron chi connectivity index (χ4n) is 3.25. The number of carbonyl (C=O) groups is 1. The predicted octanol–water partition coefficient (Wildman–Crippen LogP) is 3.35. The second kappa shape index (κ2) is 12.6. The Bertz CT molecular complexity index is 641. The Kier molecular flexibility index (Phi) is 11.2. The molecule has 1 amide bonds. The summed E-state index contributed by atoms with van der Waals surface area (Å²) in [7, 11) is 1.76. The van der Waals surface area contributed by atoms with Gasteiger partial charge in [0.2, 0.25) is 5.91 Å². The van der Waals surface area contributed by atoms with Gasteiger partial charge in [-0.2, -0.15) is 0 Å². The molecule has 1 aliphatic rings. The van der Waals surface area contributed by atoms with Crippen molar-refractivity contribution in [2.75, 3.05) is 38.5 Å². The van der Waals surface area contributed by atoms with Gasteiger partial charge in [-0.25, -0.2) is 0 Å². The van der Waals surface area contributed by atoms with E-state index < -0.39 is 0 Å². The number of halogens is 2. The van der Waals surface area contributed by atoms with Crippen LogP contribution in [0.5, 0.6) is 0 Å². The number of likely N-dealkylation sites (N-methyl/N-ethyl adjacent to an activating group) is 1. The highest BCUT2D eigenvalue weighted by atomic mass is 127. The number of guanidine groups is 1. The number of nitrogens with zero attached hydrogens (tertiary/aromatic N) is 2. The van der Waals surface area contributed by atoms with Crippen molar-refractivity contribution in [3.8, 4) is 0 Å². The maximum atomic E-state index is 12.1. The molecule has 1 fully saturated rings. The van der Waals surface area contributed by atoms with Crippen molar-refractivity contribution < 1.29 is 4.79 Å². The lowest BCUT2D eigenvalue weighted by Gasteiger charge is -2.23. The van der Waals surface area contributed by atoms with E-state index in [0.29, 0.717) is 19.0 Å². The van der Waals surface area contributed by atoms with E-state index in [1.54, 1.807) is 7.05 Å². The summed E-state index contributed by atoms with van der Waals surface area (Å²) in [6.07, 6.45) is 2.88. The summed E-state index contributed by atoms with van der Waals surface area (Å²) in [5.41, 5.74) is 1.89. The predicted molar refractivity (Wildman–Crippen MR) is 127 cm³/mol. The largest absolute Gasteiger partial charge is 0.356 e. The molecule has 0 radical (unpaired) electrons. The lowest BCUT2D eigenvalue weighted by molar-refractivity contribution is -0.116. The number of anilines is 1. The van der Waals surface area contributed by atoms with Gasteiger partial charge in [-0.15, -0.1) is 24.0 Å². The molecule has 1 aliphatic heterocycles. The molecule has 1 heterocycles. The van der Waals surface area contributed by atoms with Crippen molar-refractivity contribution in [1.29, 1.82) is 0 Å². The third-order valence-corrected chi connectivity index (χ3v) is 5.23. The molecule has 1 unspecified atom stereocenters. The van der Waals surface area contributed by atoms with Gasteiger partial charge >= 0.3 is 0 Å². The van der Waals surface area contributed by atoms with E-state index >= 15 is 0 Å². The summed E-state index contributed by atoms with van der Waals surface area (Å²) in [4.78, 5) is 18.9. The minimum Gasteiger partial charge on any atom is -0.356 e. The van der Waals surface area contributed by atoms with E-state index in [-0.39, 0.29) is 29.9 Å². The Morgan fingerprint density at radius 3 is 2.81 bits per heavy atom. The van der Waals surface area contributed by atoms with Crippen LogP contribution < -0.4 is 16.0 Å². The van der Waals surface area contributed by atoms with Crippen LogP contribution in [0.25, 0.3) is 0 Å². The van der Waals surface area contributed by atoms with Gasteiger partial charge in [-0.3, -0.25) is 14.7 Å². The number of aliphatic imine (C=N–C) groups is 1. The number of rotatable bonds is 7. The van der Waals surface area contributed by atoms with E-state index in [1.165, 1.54) is 19.4 Å². The first-order valence-electron chi connectivity index (χ1n) is 9.28. The second-order valence-electron chi connectivity index (χ2n) is 6.56. The van der Waals surface area contributed by atoms with Crippen LogP contribution in [0.1, 0.15) is 31.7 Å². The summed E-state index contributed by atoms with van der Waals surface area (Å²) in [5.74, 6) is 0.743. The minimum absolute atomic E-state index is 0. The molecule has 6 nitrogen and oxygen atoms in total. The molecule has 1 saturated heterocycles. The summed E-state index contributed by atoms with van der Waals surface area (Å²) in [5, 5.41) is 9.55. The smallest absolute Gasteiger partial charge is 0.226 e. The maximum Gasteiger partial charge on any atom is 0.226 e. The average molecular weight is 552 g/mol. The summed E-state index contributed by atoms with van der Waals surface area (Å²) in [6.45, 7) is 7.89. The van der Waals surface area contributed by atoms with E-state index in [2.05, 4.69) is 48.7 Å². The molecule has 1 aromatic carbocycles. The molecule has 3 N–H and O–H groups in total. The standard InChI is InChI=1S/C19H30BrN5O.HI/c1-4-25-11-5-6-16(25)13-23-19(21-3)22-10-9-18(26)24-17-8-7-15(20)12-14(17)2;/h7-8,12,16H,4-6,9-11,13H2,1-3H3,(H,24,26)(H2,21,22,23);1H. The van der Waals surface area contributed by atoms with E-state index in [4.69, 9.17) is 0 Å². The third kappa shape index (κ3) is 7.95. The molecule has 0 bridgehead atoms. The van der Waals surface area contributed by atoms with Gasteiger partial charge in [0, 0.05) is 42.8 Å². The Morgan fingerprint density at radius 2 is 2.15 bits per heavy atom. The molecule has 0 spiro atoms. The first-order valence-corrected chi connectivity index (χ1v) is 10.1. The maximum absolute atomic E-state index is 12.1. The molecule has 1 atom stereocenters. The molecular formula is C19H31BrIN5O. The Balaban J connectivity index is 0.00000364. The fourth-order valence-corrected chi connectivity index (χ4v) is 3.73. The number of aryl methyl sites for hydroxylation is 1.